The first kappa shape index (κ1) is 21.7. The zero-order valence-electron chi connectivity index (χ0n) is 13.3. The van der Waals surface area contributed by atoms with Crippen LogP contribution in [-0.4, -0.2) is 31.1 Å². The summed E-state index contributed by atoms with van der Waals surface area (Å²) in [6.07, 6.45) is 6.99. The standard InChI is InChI=1S/C17H24Br2N2.2ClH/c18-14-6-7-16(19)15(12-14)17(13-4-2-1-3-5-13)21-10-8-20-9-11-21;;/h6-7,12-13,17,20H,1-5,8-11H2;2*1H/t17-;;/m0../s1. The molecule has 0 amide bonds. The van der Waals surface area contributed by atoms with Crippen molar-refractivity contribution in [1.29, 1.82) is 0 Å². The molecular weight excluding hydrogens is 463 g/mol. The Bertz CT molecular complexity index is 458. The molecule has 1 aromatic rings. The van der Waals surface area contributed by atoms with E-state index >= 15 is 0 Å². The molecule has 1 atom stereocenters. The molecule has 1 aliphatic carbocycles. The van der Waals surface area contributed by atoms with Gasteiger partial charge in [0.1, 0.15) is 0 Å². The van der Waals surface area contributed by atoms with Gasteiger partial charge in [0.2, 0.25) is 0 Å². The molecule has 1 heterocycles. The van der Waals surface area contributed by atoms with Gasteiger partial charge in [0.15, 0.2) is 0 Å². The fraction of sp³-hybridized carbons (Fsp3) is 0.647. The third-order valence-electron chi connectivity index (χ3n) is 4.92. The van der Waals surface area contributed by atoms with E-state index in [2.05, 4.69) is 60.3 Å². The summed E-state index contributed by atoms with van der Waals surface area (Å²) in [6.45, 7) is 4.57. The molecule has 1 aliphatic heterocycles. The maximum atomic E-state index is 3.80. The van der Waals surface area contributed by atoms with Crippen molar-refractivity contribution >= 4 is 56.7 Å². The summed E-state index contributed by atoms with van der Waals surface area (Å²) in [6, 6.07) is 7.21. The predicted molar refractivity (Wildman–Crippen MR) is 110 cm³/mol. The molecule has 6 heteroatoms. The summed E-state index contributed by atoms with van der Waals surface area (Å²) in [5.41, 5.74) is 1.47. The van der Waals surface area contributed by atoms with Crippen LogP contribution in [0, 0.1) is 5.92 Å². The van der Waals surface area contributed by atoms with E-state index in [1.165, 1.54) is 59.7 Å². The van der Waals surface area contributed by atoms with Crippen LogP contribution in [0.5, 0.6) is 0 Å². The fourth-order valence-corrected chi connectivity index (χ4v) is 4.76. The van der Waals surface area contributed by atoms with Gasteiger partial charge < -0.3 is 5.32 Å². The average molecular weight is 489 g/mol. The first-order valence-electron chi connectivity index (χ1n) is 8.15. The smallest absolute Gasteiger partial charge is 0.0388 e. The topological polar surface area (TPSA) is 15.3 Å². The number of halogens is 4. The summed E-state index contributed by atoms with van der Waals surface area (Å²) in [4.78, 5) is 2.71. The molecule has 2 fully saturated rings. The number of rotatable bonds is 3. The monoisotopic (exact) mass is 486 g/mol. The van der Waals surface area contributed by atoms with Crippen LogP contribution in [0.15, 0.2) is 27.1 Å². The SMILES string of the molecule is Brc1ccc(Br)c([C@H](C2CCCCC2)N2CCNCC2)c1.Cl.Cl. The highest BCUT2D eigenvalue weighted by molar-refractivity contribution is 9.11. The fourth-order valence-electron chi connectivity index (χ4n) is 3.90. The molecule has 0 bridgehead atoms. The van der Waals surface area contributed by atoms with E-state index in [0.29, 0.717) is 6.04 Å². The van der Waals surface area contributed by atoms with Crippen molar-refractivity contribution in [3.05, 3.63) is 32.7 Å². The van der Waals surface area contributed by atoms with Crippen LogP contribution in [0.25, 0.3) is 0 Å². The summed E-state index contributed by atoms with van der Waals surface area (Å²) in [7, 11) is 0. The third-order valence-corrected chi connectivity index (χ3v) is 6.13. The molecule has 1 saturated carbocycles. The minimum atomic E-state index is 0. The lowest BCUT2D eigenvalue weighted by Gasteiger charge is -2.41. The second-order valence-electron chi connectivity index (χ2n) is 6.29. The van der Waals surface area contributed by atoms with Crippen LogP contribution >= 0.6 is 56.7 Å². The average Bonchev–Trinajstić information content (AvgIpc) is 2.53. The van der Waals surface area contributed by atoms with Crippen molar-refractivity contribution in [2.75, 3.05) is 26.2 Å². The van der Waals surface area contributed by atoms with Crippen molar-refractivity contribution in [2.45, 2.75) is 38.1 Å². The van der Waals surface area contributed by atoms with Gasteiger partial charge in [-0.25, -0.2) is 0 Å². The minimum Gasteiger partial charge on any atom is -0.314 e. The largest absolute Gasteiger partial charge is 0.314 e. The van der Waals surface area contributed by atoms with Gasteiger partial charge in [-0.15, -0.1) is 24.8 Å². The summed E-state index contributed by atoms with van der Waals surface area (Å²) >= 11 is 7.46. The second-order valence-corrected chi connectivity index (χ2v) is 8.06. The summed E-state index contributed by atoms with van der Waals surface area (Å²) in [5.74, 6) is 0.808. The Morgan fingerprint density at radius 2 is 1.65 bits per heavy atom. The molecule has 2 aliphatic rings. The van der Waals surface area contributed by atoms with Crippen LogP contribution in [-0.2, 0) is 0 Å². The lowest BCUT2D eigenvalue weighted by Crippen LogP contribution is -2.47. The van der Waals surface area contributed by atoms with E-state index in [-0.39, 0.29) is 24.8 Å². The van der Waals surface area contributed by atoms with Gasteiger partial charge in [0, 0.05) is 41.2 Å². The van der Waals surface area contributed by atoms with E-state index in [9.17, 15) is 0 Å². The molecule has 0 radical (unpaired) electrons. The molecule has 1 N–H and O–H groups in total. The normalized spacial score (nSPS) is 21.1. The first-order chi connectivity index (χ1) is 10.3. The van der Waals surface area contributed by atoms with Crippen molar-refractivity contribution in [3.8, 4) is 0 Å². The van der Waals surface area contributed by atoms with Gasteiger partial charge in [-0.05, 0) is 42.5 Å². The minimum absolute atomic E-state index is 0. The van der Waals surface area contributed by atoms with E-state index in [1.807, 2.05) is 0 Å². The molecule has 0 aromatic heterocycles. The lowest BCUT2D eigenvalue weighted by atomic mass is 9.80. The highest BCUT2D eigenvalue weighted by Gasteiger charge is 2.32. The van der Waals surface area contributed by atoms with E-state index < -0.39 is 0 Å². The number of nitrogens with one attached hydrogen (secondary N) is 1. The molecule has 0 unspecified atom stereocenters. The number of piperazine rings is 1. The third kappa shape index (κ3) is 5.58. The van der Waals surface area contributed by atoms with E-state index in [0.717, 1.165) is 19.0 Å². The van der Waals surface area contributed by atoms with Gasteiger partial charge in [0.05, 0.1) is 0 Å². The molecule has 132 valence electrons. The molecular formula is C17H26Br2Cl2N2. The van der Waals surface area contributed by atoms with Crippen LogP contribution in [0.2, 0.25) is 0 Å². The molecule has 1 aromatic carbocycles. The maximum Gasteiger partial charge on any atom is 0.0388 e. The quantitative estimate of drug-likeness (QED) is 0.597. The highest BCUT2D eigenvalue weighted by atomic mass is 79.9. The summed E-state index contributed by atoms with van der Waals surface area (Å²) in [5, 5.41) is 3.49. The van der Waals surface area contributed by atoms with Gasteiger partial charge in [-0.2, -0.15) is 0 Å². The lowest BCUT2D eigenvalue weighted by molar-refractivity contribution is 0.103. The van der Waals surface area contributed by atoms with Crippen molar-refractivity contribution in [1.82, 2.24) is 10.2 Å². The predicted octanol–water partition coefficient (Wildman–Crippen LogP) is 5.58. The van der Waals surface area contributed by atoms with Crippen molar-refractivity contribution < 1.29 is 0 Å². The Hall–Kier alpha value is 0.680. The Labute approximate surface area is 169 Å². The number of benzene rings is 1. The maximum absolute atomic E-state index is 3.80. The molecule has 1 saturated heterocycles. The Morgan fingerprint density at radius 3 is 2.30 bits per heavy atom. The van der Waals surface area contributed by atoms with Crippen molar-refractivity contribution in [3.63, 3.8) is 0 Å². The Kier molecular flexibility index (Phi) is 10.0. The van der Waals surface area contributed by atoms with Gasteiger partial charge in [-0.3, -0.25) is 4.90 Å². The number of hydrogen-bond donors (Lipinski definition) is 1. The molecule has 2 nitrogen and oxygen atoms in total. The Morgan fingerprint density at radius 1 is 1.00 bits per heavy atom. The summed E-state index contributed by atoms with van der Waals surface area (Å²) < 4.78 is 2.46. The van der Waals surface area contributed by atoms with Crippen LogP contribution in [0.1, 0.15) is 43.7 Å². The zero-order chi connectivity index (χ0) is 14.7. The first-order valence-corrected chi connectivity index (χ1v) is 9.74. The Balaban J connectivity index is 0.00000132. The highest BCUT2D eigenvalue weighted by Crippen LogP contribution is 2.41. The van der Waals surface area contributed by atoms with Crippen LogP contribution in [0.4, 0.5) is 0 Å². The van der Waals surface area contributed by atoms with Crippen molar-refractivity contribution in [2.24, 2.45) is 5.92 Å². The van der Waals surface area contributed by atoms with Gasteiger partial charge >= 0.3 is 0 Å². The van der Waals surface area contributed by atoms with Gasteiger partial charge in [0.25, 0.3) is 0 Å². The van der Waals surface area contributed by atoms with E-state index in [4.69, 9.17) is 0 Å². The zero-order valence-corrected chi connectivity index (χ0v) is 18.1. The molecule has 0 spiro atoms. The van der Waals surface area contributed by atoms with Gasteiger partial charge in [-0.1, -0.05) is 51.1 Å². The van der Waals surface area contributed by atoms with Crippen LogP contribution < -0.4 is 5.32 Å². The number of hydrogen-bond acceptors (Lipinski definition) is 2. The molecule has 23 heavy (non-hydrogen) atoms. The second kappa shape index (κ2) is 10.6. The number of nitrogens with zero attached hydrogens (tertiary/aromatic N) is 1. The van der Waals surface area contributed by atoms with E-state index in [1.54, 1.807) is 0 Å². The van der Waals surface area contributed by atoms with Crippen LogP contribution in [0.3, 0.4) is 0 Å². The molecule has 3 rings (SSSR count).